The van der Waals surface area contributed by atoms with E-state index in [1.807, 2.05) is 123 Å². The van der Waals surface area contributed by atoms with Gasteiger partial charge >= 0.3 is 35.8 Å². The Labute approximate surface area is 836 Å². The summed E-state index contributed by atoms with van der Waals surface area (Å²) in [6.07, 6.45) is -0.110. The highest BCUT2D eigenvalue weighted by Crippen LogP contribution is 2.40. The molecule has 6 aromatic heterocycles. The molecule has 34 heteroatoms. The number of esters is 6. The molecule has 6 heterocycles. The molecule has 0 fully saturated rings. The van der Waals surface area contributed by atoms with E-state index in [2.05, 4.69) is 0 Å². The Hall–Kier alpha value is -13.9. The van der Waals surface area contributed by atoms with E-state index in [4.69, 9.17) is 89.5 Å². The lowest BCUT2D eigenvalue weighted by atomic mass is 9.96. The highest BCUT2D eigenvalue weighted by molar-refractivity contribution is 7.26. The molecule has 26 nitrogen and oxygen atoms in total. The van der Waals surface area contributed by atoms with Gasteiger partial charge in [0.15, 0.2) is 72.2 Å². The van der Waals surface area contributed by atoms with Gasteiger partial charge in [0.25, 0.3) is 0 Å². The van der Waals surface area contributed by atoms with E-state index in [-0.39, 0.29) is 112 Å². The fourth-order valence-electron chi connectivity index (χ4n) is 14.9. The molecule has 0 spiro atoms. The van der Waals surface area contributed by atoms with E-state index in [1.165, 1.54) is 68.0 Å². The van der Waals surface area contributed by atoms with E-state index in [1.54, 1.807) is 147 Å². The average molecular weight is 2050 g/mol. The minimum atomic E-state index is -0.649. The average Bonchev–Trinajstić information content (AvgIpc) is 0.764. The molecular formula is C107H86Cl2O26S6. The quantitative estimate of drug-likeness (QED) is 0.0152. The highest BCUT2D eigenvalue weighted by Gasteiger charge is 2.25. The lowest BCUT2D eigenvalue weighted by molar-refractivity contribution is -0.155. The number of carbonyl (C=O) groups excluding carboxylic acids is 6. The van der Waals surface area contributed by atoms with E-state index in [9.17, 15) is 57.5 Å². The minimum Gasteiger partial charge on any atom is -0.482 e. The summed E-state index contributed by atoms with van der Waals surface area (Å²) in [6.45, 7) is 6.23. The Balaban J connectivity index is 0.000000154. The summed E-state index contributed by atoms with van der Waals surface area (Å²) in [6, 6.07) is 71.2. The Kier molecular flexibility index (Phi) is 33.0. The largest absolute Gasteiger partial charge is 0.482 e. The first-order valence-corrected chi connectivity index (χ1v) is 49.9. The smallest absolute Gasteiger partial charge is 0.344 e. The summed E-state index contributed by atoms with van der Waals surface area (Å²) >= 11 is 21.5. The summed E-state index contributed by atoms with van der Waals surface area (Å²) in [4.78, 5) is 151. The van der Waals surface area contributed by atoms with Gasteiger partial charge in [0.1, 0.15) is 59.9 Å². The van der Waals surface area contributed by atoms with Gasteiger partial charge in [0.05, 0.1) is 69.9 Å². The number of benzene rings is 12. The van der Waals surface area contributed by atoms with Crippen molar-refractivity contribution in [2.75, 3.05) is 92.5 Å². The molecule has 0 N–H and O–H groups in total. The van der Waals surface area contributed by atoms with E-state index < -0.39 is 53.4 Å². The molecule has 0 amide bonds. The van der Waals surface area contributed by atoms with E-state index >= 15 is 0 Å². The molecule has 0 aliphatic carbocycles. The van der Waals surface area contributed by atoms with Crippen molar-refractivity contribution < 1.29 is 95.1 Å². The van der Waals surface area contributed by atoms with Crippen LogP contribution >= 0.6 is 91.2 Å². The van der Waals surface area contributed by atoms with Crippen LogP contribution in [0.1, 0.15) is 40.5 Å². The summed E-state index contributed by atoms with van der Waals surface area (Å²) in [5.41, 5.74) is -1.12. The molecule has 2 atom stereocenters. The highest BCUT2D eigenvalue weighted by atomic mass is 35.5. The van der Waals surface area contributed by atoms with Crippen molar-refractivity contribution in [2.45, 2.75) is 52.7 Å². The zero-order valence-corrected chi connectivity index (χ0v) is 82.3. The number of fused-ring (bicyclic) bond motifs is 12. The molecule has 720 valence electrons. The number of rotatable bonds is 36. The van der Waals surface area contributed by atoms with Gasteiger partial charge in [-0.05, 0) is 197 Å². The van der Waals surface area contributed by atoms with Crippen LogP contribution in [0.3, 0.4) is 0 Å². The number of hydrogen-bond acceptors (Lipinski definition) is 32. The van der Waals surface area contributed by atoms with Crippen LogP contribution in [-0.2, 0) is 66.7 Å². The van der Waals surface area contributed by atoms with Crippen molar-refractivity contribution in [3.05, 3.63) is 314 Å². The van der Waals surface area contributed by atoms with Crippen molar-refractivity contribution in [1.29, 1.82) is 0 Å². The lowest BCUT2D eigenvalue weighted by Crippen LogP contribution is -2.31. The van der Waals surface area contributed by atoms with Gasteiger partial charge in [-0.3, -0.25) is 28.8 Å². The second kappa shape index (κ2) is 46.5. The predicted molar refractivity (Wildman–Crippen MR) is 556 cm³/mol. The molecule has 141 heavy (non-hydrogen) atoms. The maximum Gasteiger partial charge on any atom is 0.344 e. The van der Waals surface area contributed by atoms with Crippen molar-refractivity contribution in [3.63, 3.8) is 0 Å². The predicted octanol–water partition coefficient (Wildman–Crippen LogP) is 21.0. The van der Waals surface area contributed by atoms with Crippen molar-refractivity contribution in [1.82, 2.24) is 0 Å². The Morgan fingerprint density at radius 1 is 0.284 bits per heavy atom. The summed E-state index contributed by atoms with van der Waals surface area (Å²) < 4.78 is 86.6. The minimum absolute atomic E-state index is 0.0737. The summed E-state index contributed by atoms with van der Waals surface area (Å²) in [7, 11) is 0. The molecule has 0 saturated heterocycles. The summed E-state index contributed by atoms with van der Waals surface area (Å²) in [5.74, 6) is -1.25. The Morgan fingerprint density at radius 3 is 0.823 bits per heavy atom. The first-order valence-electron chi connectivity index (χ1n) is 44.3. The molecule has 0 bridgehead atoms. The Bertz CT molecular complexity index is 7760. The van der Waals surface area contributed by atoms with Gasteiger partial charge < -0.3 is 66.3 Å². The van der Waals surface area contributed by atoms with E-state index in [0.717, 1.165) is 47.0 Å². The van der Waals surface area contributed by atoms with Crippen LogP contribution in [0, 0.1) is 5.41 Å². The van der Waals surface area contributed by atoms with Gasteiger partial charge in [-0.15, -0.1) is 68.0 Å². The standard InChI is InChI=1S/C41H38Cl2O10S2.C34H26O8S2.C32H22O8S2/c1-23(52-33(44)19-50-29-15-13-27(42)35-37(46)25-9-5-7-11-31(25)54-39(29)35)17-48-21-41(3,4)22-49-18-24(2)53-34(45)20-51-30-16-14-28(43)36-38(47)26-10-6-8-12-32(26)55-40(30)36;35-31(19-41-21-11-13-29-25(17-21)33(37)23-7-1-3-9-27(23)43-29)39-15-5-6-16-40-32(36)20-42-22-12-14-30-26(18-22)34(38)24-8-2-4-10-28(24)44-30;33-29(17-39-19-9-11-27-23(15-19)31(35)21-5-1-3-7-25(21)41-27)37-13-14-38-30(34)18-40-20-10-12-28-24(16-20)32(36)22-6-2-4-8-26(22)42-28/h5-16,23-24H,17-22H2,1-4H3;1-4,7-14,17-18H,5-6,15-16,19-20H2;1-12,15-16H,13-14,17-18H2. The van der Waals surface area contributed by atoms with Gasteiger partial charge in [-0.1, -0.05) is 110 Å². The number of unbranched alkanes of at least 4 members (excludes halogenated alkanes) is 1. The van der Waals surface area contributed by atoms with Crippen LogP contribution in [0.2, 0.25) is 10.0 Å². The molecular weight excluding hydrogens is 1960 g/mol. The third-order valence-electron chi connectivity index (χ3n) is 21.6. The number of halogens is 2. The first-order chi connectivity index (χ1) is 68.2. The monoisotopic (exact) mass is 2050 g/mol. The SMILES string of the molecule is CC(COCC(C)(C)COCC(C)OC(=O)COc1ccc(Cl)c2c(=O)c3ccccc3sc12)OC(=O)COc1ccc(Cl)c2c(=O)c3ccccc3sc12.O=C(COc1ccc2sc3ccccc3c(=O)c2c1)OCCCCOC(=O)COc1ccc2sc3ccccc3c(=O)c2c1.O=C(COc1ccc2sc3ccccc3c(=O)c2c1)OCCOC(=O)COc1ccc2sc3ccccc3c(=O)c2c1. The second-order valence-corrected chi connectivity index (χ2v) is 40.1. The molecule has 0 aliphatic heterocycles. The zero-order valence-electron chi connectivity index (χ0n) is 75.9. The third-order valence-corrected chi connectivity index (χ3v) is 29.2. The van der Waals surface area contributed by atoms with Crippen molar-refractivity contribution >= 4 is 248 Å². The fraction of sp³-hybridized carbons (Fsp3) is 0.215. The van der Waals surface area contributed by atoms with E-state index in [0.29, 0.717) is 145 Å². The van der Waals surface area contributed by atoms with Crippen molar-refractivity contribution in [3.8, 4) is 34.5 Å². The van der Waals surface area contributed by atoms with Crippen LogP contribution in [0.4, 0.5) is 0 Å². The molecule has 18 rings (SSSR count). The van der Waals surface area contributed by atoms with Crippen LogP contribution in [0.25, 0.3) is 121 Å². The number of carbonyl (C=O) groups is 6. The van der Waals surface area contributed by atoms with Crippen LogP contribution in [0.15, 0.2) is 271 Å². The molecule has 0 saturated carbocycles. The normalized spacial score (nSPS) is 11.8. The summed E-state index contributed by atoms with van der Waals surface area (Å²) in [5, 5.41) is 7.17. The van der Waals surface area contributed by atoms with Gasteiger partial charge in [-0.25, -0.2) is 28.8 Å². The number of ether oxygens (including phenoxy) is 14. The first kappa shape index (κ1) is 100. The zero-order chi connectivity index (χ0) is 98.8. The molecule has 0 aliphatic rings. The molecule has 0 radical (unpaired) electrons. The molecule has 18 aromatic rings. The molecule has 2 unspecified atom stereocenters. The maximum absolute atomic E-state index is 13.1. The van der Waals surface area contributed by atoms with Crippen LogP contribution in [-0.4, -0.2) is 141 Å². The van der Waals surface area contributed by atoms with Crippen LogP contribution < -0.4 is 61.0 Å². The van der Waals surface area contributed by atoms with Gasteiger partial charge in [0, 0.05) is 106 Å². The Morgan fingerprint density at radius 2 is 0.532 bits per heavy atom. The second-order valence-electron chi connectivity index (χ2n) is 32.8. The fourth-order valence-corrected chi connectivity index (χ4v) is 22.1. The number of hydrogen-bond donors (Lipinski definition) is 0. The maximum atomic E-state index is 13.1. The van der Waals surface area contributed by atoms with Gasteiger partial charge in [0.2, 0.25) is 0 Å². The van der Waals surface area contributed by atoms with Crippen LogP contribution in [0.5, 0.6) is 34.5 Å². The topological polar surface area (TPSA) is 334 Å². The van der Waals surface area contributed by atoms with Gasteiger partial charge in [-0.2, -0.15) is 0 Å². The molecule has 12 aromatic carbocycles. The lowest BCUT2D eigenvalue weighted by Gasteiger charge is -2.26. The third kappa shape index (κ3) is 25.1. The van der Waals surface area contributed by atoms with Crippen molar-refractivity contribution in [2.24, 2.45) is 5.41 Å².